The van der Waals surface area contributed by atoms with Gasteiger partial charge in [-0.1, -0.05) is 35.9 Å². The number of anilines is 1. The fourth-order valence-electron chi connectivity index (χ4n) is 2.06. The van der Waals surface area contributed by atoms with E-state index in [1.807, 2.05) is 37.3 Å². The van der Waals surface area contributed by atoms with Gasteiger partial charge in [-0.05, 0) is 30.7 Å². The summed E-state index contributed by atoms with van der Waals surface area (Å²) in [7, 11) is 1.59. The number of nitrogens with one attached hydrogen (secondary N) is 1. The molecule has 1 N–H and O–H groups in total. The molecule has 0 aromatic heterocycles. The zero-order valence-corrected chi connectivity index (χ0v) is 12.1. The Kier molecular flexibility index (Phi) is 4.49. The Balaban J connectivity index is 2.35. The molecule has 3 nitrogen and oxygen atoms in total. The normalized spacial score (nSPS) is 11.5. The average Bonchev–Trinajstić information content (AvgIpc) is 2.47. The van der Waals surface area contributed by atoms with Crippen LogP contribution >= 0.6 is 11.6 Å². The Morgan fingerprint density at radius 3 is 2.60 bits per heavy atom. The van der Waals surface area contributed by atoms with Crippen LogP contribution in [0.15, 0.2) is 42.5 Å². The summed E-state index contributed by atoms with van der Waals surface area (Å²) in [6.07, 6.45) is 0. The molecule has 0 spiro atoms. The van der Waals surface area contributed by atoms with E-state index in [9.17, 15) is 5.26 Å². The van der Waals surface area contributed by atoms with Crippen molar-refractivity contribution >= 4 is 17.3 Å². The van der Waals surface area contributed by atoms with Gasteiger partial charge >= 0.3 is 0 Å². The van der Waals surface area contributed by atoms with E-state index in [-0.39, 0.29) is 6.04 Å². The van der Waals surface area contributed by atoms with Gasteiger partial charge in [0.25, 0.3) is 0 Å². The van der Waals surface area contributed by atoms with Crippen LogP contribution in [-0.2, 0) is 0 Å². The molecule has 0 aliphatic rings. The summed E-state index contributed by atoms with van der Waals surface area (Å²) in [6, 6.07) is 15.1. The number of nitriles is 1. The lowest BCUT2D eigenvalue weighted by Gasteiger charge is -2.19. The molecule has 0 aliphatic carbocycles. The van der Waals surface area contributed by atoms with E-state index < -0.39 is 0 Å². The number of para-hydroxylation sites is 1. The molecule has 0 amide bonds. The topological polar surface area (TPSA) is 45.0 Å². The van der Waals surface area contributed by atoms with Crippen molar-refractivity contribution in [1.29, 1.82) is 5.26 Å². The number of hydrogen-bond acceptors (Lipinski definition) is 3. The molecule has 1 atom stereocenters. The number of rotatable bonds is 4. The maximum Gasteiger partial charge on any atom is 0.143 e. The second kappa shape index (κ2) is 6.31. The molecular weight excluding hydrogens is 272 g/mol. The maximum absolute atomic E-state index is 9.20. The Bertz CT molecular complexity index is 649. The number of benzene rings is 2. The Hall–Kier alpha value is -2.18. The SMILES string of the molecule is COc1cccc(C#N)c1NC(C)c1ccccc1Cl. The van der Waals surface area contributed by atoms with E-state index in [0.717, 1.165) is 5.56 Å². The quantitative estimate of drug-likeness (QED) is 0.906. The first-order chi connectivity index (χ1) is 9.67. The first-order valence-corrected chi connectivity index (χ1v) is 6.63. The van der Waals surface area contributed by atoms with E-state index in [1.165, 1.54) is 0 Å². The maximum atomic E-state index is 9.20. The third-order valence-electron chi connectivity index (χ3n) is 3.10. The molecule has 102 valence electrons. The van der Waals surface area contributed by atoms with Crippen molar-refractivity contribution in [1.82, 2.24) is 0 Å². The van der Waals surface area contributed by atoms with Crippen LogP contribution in [0.3, 0.4) is 0 Å². The molecular formula is C16H15ClN2O. The highest BCUT2D eigenvalue weighted by Crippen LogP contribution is 2.33. The molecule has 0 radical (unpaired) electrons. The highest BCUT2D eigenvalue weighted by Gasteiger charge is 2.14. The minimum Gasteiger partial charge on any atom is -0.495 e. The van der Waals surface area contributed by atoms with E-state index >= 15 is 0 Å². The van der Waals surface area contributed by atoms with Crippen LogP contribution < -0.4 is 10.1 Å². The monoisotopic (exact) mass is 286 g/mol. The number of halogens is 1. The van der Waals surface area contributed by atoms with Gasteiger partial charge < -0.3 is 10.1 Å². The molecule has 0 saturated heterocycles. The summed E-state index contributed by atoms with van der Waals surface area (Å²) in [4.78, 5) is 0. The van der Waals surface area contributed by atoms with Crippen LogP contribution in [0.4, 0.5) is 5.69 Å². The van der Waals surface area contributed by atoms with Gasteiger partial charge in [-0.3, -0.25) is 0 Å². The van der Waals surface area contributed by atoms with Crippen molar-refractivity contribution in [3.63, 3.8) is 0 Å². The van der Waals surface area contributed by atoms with Crippen LogP contribution in [-0.4, -0.2) is 7.11 Å². The van der Waals surface area contributed by atoms with Crippen molar-refractivity contribution in [2.75, 3.05) is 12.4 Å². The Morgan fingerprint density at radius 2 is 1.95 bits per heavy atom. The predicted octanol–water partition coefficient (Wildman–Crippen LogP) is 4.39. The first-order valence-electron chi connectivity index (χ1n) is 6.25. The van der Waals surface area contributed by atoms with E-state index in [1.54, 1.807) is 19.2 Å². The van der Waals surface area contributed by atoms with Gasteiger partial charge in [-0.15, -0.1) is 0 Å². The smallest absolute Gasteiger partial charge is 0.143 e. The molecule has 1 unspecified atom stereocenters. The van der Waals surface area contributed by atoms with Crippen LogP contribution in [0.1, 0.15) is 24.1 Å². The number of hydrogen-bond donors (Lipinski definition) is 1. The molecule has 0 saturated carbocycles. The van der Waals surface area contributed by atoms with Crippen molar-refractivity contribution in [3.05, 3.63) is 58.6 Å². The summed E-state index contributed by atoms with van der Waals surface area (Å²) >= 11 is 6.20. The van der Waals surface area contributed by atoms with Gasteiger partial charge in [-0.2, -0.15) is 5.26 Å². The lowest BCUT2D eigenvalue weighted by molar-refractivity contribution is 0.416. The zero-order chi connectivity index (χ0) is 14.5. The molecule has 0 bridgehead atoms. The van der Waals surface area contributed by atoms with Gasteiger partial charge in [-0.25, -0.2) is 0 Å². The van der Waals surface area contributed by atoms with E-state index in [2.05, 4.69) is 11.4 Å². The summed E-state index contributed by atoms with van der Waals surface area (Å²) in [5.41, 5.74) is 2.21. The second-order valence-corrected chi connectivity index (χ2v) is 4.79. The molecule has 0 heterocycles. The fraction of sp³-hybridized carbons (Fsp3) is 0.188. The molecule has 20 heavy (non-hydrogen) atoms. The third kappa shape index (κ3) is 2.87. The standard InChI is InChI=1S/C16H15ClN2O/c1-11(13-7-3-4-8-14(13)17)19-16-12(10-18)6-5-9-15(16)20-2/h3-9,11,19H,1-2H3. The summed E-state index contributed by atoms with van der Waals surface area (Å²) in [5.74, 6) is 0.642. The minimum atomic E-state index is -0.0351. The van der Waals surface area contributed by atoms with Gasteiger partial charge in [0.2, 0.25) is 0 Å². The minimum absolute atomic E-state index is 0.0351. The van der Waals surface area contributed by atoms with Crippen molar-refractivity contribution < 1.29 is 4.74 Å². The van der Waals surface area contributed by atoms with Crippen LogP contribution in [0, 0.1) is 11.3 Å². The van der Waals surface area contributed by atoms with Gasteiger partial charge in [0, 0.05) is 5.02 Å². The van der Waals surface area contributed by atoms with Crippen LogP contribution in [0.5, 0.6) is 5.75 Å². The Labute approximate surface area is 123 Å². The molecule has 0 fully saturated rings. The van der Waals surface area contributed by atoms with E-state index in [4.69, 9.17) is 16.3 Å². The zero-order valence-electron chi connectivity index (χ0n) is 11.4. The predicted molar refractivity (Wildman–Crippen MR) is 81.2 cm³/mol. The highest BCUT2D eigenvalue weighted by molar-refractivity contribution is 6.31. The second-order valence-electron chi connectivity index (χ2n) is 4.38. The molecule has 0 aliphatic heterocycles. The van der Waals surface area contributed by atoms with E-state index in [0.29, 0.717) is 22.0 Å². The lowest BCUT2D eigenvalue weighted by Crippen LogP contribution is -2.09. The molecule has 2 aromatic rings. The highest BCUT2D eigenvalue weighted by atomic mass is 35.5. The molecule has 4 heteroatoms. The number of ether oxygens (including phenoxy) is 1. The van der Waals surface area contributed by atoms with Crippen molar-refractivity contribution in [2.24, 2.45) is 0 Å². The van der Waals surface area contributed by atoms with Gasteiger partial charge in [0.15, 0.2) is 0 Å². The molecule has 2 rings (SSSR count). The number of methoxy groups -OCH3 is 1. The number of nitrogens with zero attached hydrogens (tertiary/aromatic N) is 1. The van der Waals surface area contributed by atoms with Crippen molar-refractivity contribution in [2.45, 2.75) is 13.0 Å². The molecule has 2 aromatic carbocycles. The fourth-order valence-corrected chi connectivity index (χ4v) is 2.36. The summed E-state index contributed by atoms with van der Waals surface area (Å²) < 4.78 is 5.31. The lowest BCUT2D eigenvalue weighted by atomic mass is 10.1. The summed E-state index contributed by atoms with van der Waals surface area (Å²) in [6.45, 7) is 1.99. The average molecular weight is 287 g/mol. The van der Waals surface area contributed by atoms with Crippen LogP contribution in [0.2, 0.25) is 5.02 Å². The Morgan fingerprint density at radius 1 is 1.20 bits per heavy atom. The van der Waals surface area contributed by atoms with Crippen molar-refractivity contribution in [3.8, 4) is 11.8 Å². The van der Waals surface area contributed by atoms with Crippen LogP contribution in [0.25, 0.3) is 0 Å². The summed E-state index contributed by atoms with van der Waals surface area (Å²) in [5, 5.41) is 13.2. The first kappa shape index (κ1) is 14.2. The third-order valence-corrected chi connectivity index (χ3v) is 3.44. The largest absolute Gasteiger partial charge is 0.495 e. The van der Waals surface area contributed by atoms with Gasteiger partial charge in [0.05, 0.1) is 24.4 Å². The van der Waals surface area contributed by atoms with Gasteiger partial charge in [0.1, 0.15) is 11.8 Å².